The lowest BCUT2D eigenvalue weighted by Crippen LogP contribution is -2.17. The molecule has 92 valence electrons. The fraction of sp³-hybridized carbons (Fsp3) is 0.429. The zero-order valence-electron chi connectivity index (χ0n) is 10.1. The van der Waals surface area contributed by atoms with Gasteiger partial charge in [-0.15, -0.1) is 0 Å². The van der Waals surface area contributed by atoms with Gasteiger partial charge in [0, 0.05) is 9.89 Å². The van der Waals surface area contributed by atoms with Gasteiger partial charge in [0.15, 0.2) is 0 Å². The lowest BCUT2D eigenvalue weighted by atomic mass is 10.0. The van der Waals surface area contributed by atoms with Crippen molar-refractivity contribution in [2.24, 2.45) is 5.41 Å². The van der Waals surface area contributed by atoms with Gasteiger partial charge in [0.05, 0.1) is 19.3 Å². The van der Waals surface area contributed by atoms with Crippen molar-refractivity contribution >= 4 is 15.9 Å². The fourth-order valence-electron chi connectivity index (χ4n) is 1.86. The number of ether oxygens (including phenoxy) is 1. The maximum atomic E-state index is 9.87. The Kier molecular flexibility index (Phi) is 3.71. The first kappa shape index (κ1) is 12.8. The van der Waals surface area contributed by atoms with Gasteiger partial charge < -0.3 is 9.84 Å². The summed E-state index contributed by atoms with van der Waals surface area (Å²) in [5.41, 5.74) is 2.28. The number of aliphatic hydroxyl groups is 1. The molecule has 17 heavy (non-hydrogen) atoms. The number of halogens is 1. The molecular weight excluding hydrogens is 280 g/mol. The lowest BCUT2D eigenvalue weighted by Gasteiger charge is -2.13. The third-order valence-corrected chi connectivity index (χ3v) is 3.80. The van der Waals surface area contributed by atoms with E-state index in [9.17, 15) is 5.11 Å². The molecule has 1 N–H and O–H groups in total. The van der Waals surface area contributed by atoms with Crippen LogP contribution in [-0.4, -0.2) is 17.8 Å². The predicted molar refractivity (Wildman–Crippen MR) is 71.7 cm³/mol. The Balaban J connectivity index is 1.77. The molecule has 2 rings (SSSR count). The molecule has 3 heteroatoms. The van der Waals surface area contributed by atoms with E-state index in [0.29, 0.717) is 13.2 Å². The minimum absolute atomic E-state index is 0.0934. The standard InChI is InChI=1S/C14H17BrO2/c1-14(2)7-11(14)13(16)9-17-8-10-5-3-4-6-12(10)15/h3-7,13,16H,8-9H2,1-2H3. The Labute approximate surface area is 110 Å². The number of hydrogen-bond donors (Lipinski definition) is 1. The average Bonchev–Trinajstić information content (AvgIpc) is 2.91. The molecule has 0 aromatic heterocycles. The first-order valence-electron chi connectivity index (χ1n) is 5.73. The van der Waals surface area contributed by atoms with Crippen LogP contribution in [0.4, 0.5) is 0 Å². The monoisotopic (exact) mass is 296 g/mol. The Bertz CT molecular complexity index is 438. The van der Waals surface area contributed by atoms with Crippen molar-refractivity contribution in [2.45, 2.75) is 26.6 Å². The predicted octanol–water partition coefficient (Wildman–Crippen LogP) is 3.29. The van der Waals surface area contributed by atoms with E-state index in [4.69, 9.17) is 4.74 Å². The van der Waals surface area contributed by atoms with Gasteiger partial charge in [-0.2, -0.15) is 0 Å². The van der Waals surface area contributed by atoms with Crippen LogP contribution in [0, 0.1) is 5.41 Å². The number of hydrogen-bond acceptors (Lipinski definition) is 2. The Morgan fingerprint density at radius 1 is 1.35 bits per heavy atom. The minimum atomic E-state index is -0.465. The van der Waals surface area contributed by atoms with Gasteiger partial charge in [0.25, 0.3) is 0 Å². The van der Waals surface area contributed by atoms with Crippen LogP contribution in [0.3, 0.4) is 0 Å². The topological polar surface area (TPSA) is 29.5 Å². The second-order valence-electron chi connectivity index (χ2n) is 4.94. The number of rotatable bonds is 5. The molecule has 1 aromatic rings. The van der Waals surface area contributed by atoms with Crippen LogP contribution in [0.5, 0.6) is 0 Å². The molecule has 0 radical (unpaired) electrons. The third kappa shape index (κ3) is 3.18. The van der Waals surface area contributed by atoms with Crippen LogP contribution >= 0.6 is 15.9 Å². The maximum Gasteiger partial charge on any atom is 0.0992 e. The molecule has 2 nitrogen and oxygen atoms in total. The highest BCUT2D eigenvalue weighted by Gasteiger charge is 2.38. The summed E-state index contributed by atoms with van der Waals surface area (Å²) in [5.74, 6) is 0. The van der Waals surface area contributed by atoms with Crippen molar-refractivity contribution in [3.63, 3.8) is 0 Å². The van der Waals surface area contributed by atoms with E-state index < -0.39 is 6.10 Å². The summed E-state index contributed by atoms with van der Waals surface area (Å²) in [4.78, 5) is 0. The summed E-state index contributed by atoms with van der Waals surface area (Å²) in [7, 11) is 0. The van der Waals surface area contributed by atoms with Crippen LogP contribution in [0.2, 0.25) is 0 Å². The summed E-state index contributed by atoms with van der Waals surface area (Å²) in [6, 6.07) is 7.95. The molecule has 0 bridgehead atoms. The fourth-order valence-corrected chi connectivity index (χ4v) is 2.26. The first-order valence-corrected chi connectivity index (χ1v) is 6.52. The minimum Gasteiger partial charge on any atom is -0.386 e. The molecule has 0 heterocycles. The summed E-state index contributed by atoms with van der Waals surface area (Å²) in [6.07, 6.45) is 1.62. The largest absolute Gasteiger partial charge is 0.386 e. The molecule has 1 aromatic carbocycles. The SMILES string of the molecule is CC1(C)C=C1C(O)COCc1ccccc1Br. The Hall–Kier alpha value is -0.640. The highest BCUT2D eigenvalue weighted by atomic mass is 79.9. The quantitative estimate of drug-likeness (QED) is 0.845. The normalized spacial score (nSPS) is 18.7. The number of benzene rings is 1. The van der Waals surface area contributed by atoms with E-state index in [0.717, 1.165) is 15.6 Å². The van der Waals surface area contributed by atoms with Crippen molar-refractivity contribution in [1.82, 2.24) is 0 Å². The second-order valence-corrected chi connectivity index (χ2v) is 5.80. The van der Waals surface area contributed by atoms with Crippen LogP contribution in [0.25, 0.3) is 0 Å². The van der Waals surface area contributed by atoms with Crippen molar-refractivity contribution in [2.75, 3.05) is 6.61 Å². The highest BCUT2D eigenvalue weighted by molar-refractivity contribution is 9.10. The molecule has 1 atom stereocenters. The highest BCUT2D eigenvalue weighted by Crippen LogP contribution is 2.44. The summed E-state index contributed by atoms with van der Waals surface area (Å²) < 4.78 is 6.58. The maximum absolute atomic E-state index is 9.87. The smallest absolute Gasteiger partial charge is 0.0992 e. The van der Waals surface area contributed by atoms with E-state index in [1.165, 1.54) is 0 Å². The molecule has 1 aliphatic rings. The van der Waals surface area contributed by atoms with E-state index >= 15 is 0 Å². The summed E-state index contributed by atoms with van der Waals surface area (Å²) in [6.45, 7) is 5.07. The Morgan fingerprint density at radius 3 is 2.59 bits per heavy atom. The molecule has 1 aliphatic carbocycles. The molecule has 0 amide bonds. The number of aliphatic hydroxyl groups excluding tert-OH is 1. The molecule has 0 saturated heterocycles. The van der Waals surface area contributed by atoms with Crippen molar-refractivity contribution in [1.29, 1.82) is 0 Å². The van der Waals surface area contributed by atoms with Crippen molar-refractivity contribution in [3.05, 3.63) is 46.0 Å². The summed E-state index contributed by atoms with van der Waals surface area (Å²) >= 11 is 3.47. The molecule has 0 fully saturated rings. The first-order chi connectivity index (χ1) is 8.00. The number of allylic oxidation sites excluding steroid dienone is 1. The van der Waals surface area contributed by atoms with Crippen molar-refractivity contribution in [3.8, 4) is 0 Å². The zero-order chi connectivity index (χ0) is 12.5. The zero-order valence-corrected chi connectivity index (χ0v) is 11.7. The second kappa shape index (κ2) is 4.92. The van der Waals surface area contributed by atoms with Crippen LogP contribution in [0.15, 0.2) is 40.4 Å². The van der Waals surface area contributed by atoms with E-state index in [-0.39, 0.29) is 5.41 Å². The van der Waals surface area contributed by atoms with Gasteiger partial charge >= 0.3 is 0 Å². The van der Waals surface area contributed by atoms with Gasteiger partial charge in [0.2, 0.25) is 0 Å². The molecule has 0 spiro atoms. The van der Waals surface area contributed by atoms with Crippen LogP contribution in [-0.2, 0) is 11.3 Å². The molecular formula is C14H17BrO2. The Morgan fingerprint density at radius 2 is 2.00 bits per heavy atom. The van der Waals surface area contributed by atoms with Gasteiger partial charge in [-0.05, 0) is 17.2 Å². The van der Waals surface area contributed by atoms with E-state index in [2.05, 4.69) is 35.9 Å². The average molecular weight is 297 g/mol. The van der Waals surface area contributed by atoms with E-state index in [1.807, 2.05) is 24.3 Å². The molecule has 1 unspecified atom stereocenters. The van der Waals surface area contributed by atoms with Gasteiger partial charge in [-0.1, -0.05) is 54.1 Å². The van der Waals surface area contributed by atoms with Gasteiger partial charge in [0.1, 0.15) is 0 Å². The van der Waals surface area contributed by atoms with Gasteiger partial charge in [-0.3, -0.25) is 0 Å². The third-order valence-electron chi connectivity index (χ3n) is 3.03. The van der Waals surface area contributed by atoms with E-state index in [1.54, 1.807) is 0 Å². The van der Waals surface area contributed by atoms with Gasteiger partial charge in [-0.25, -0.2) is 0 Å². The van der Waals surface area contributed by atoms with Crippen LogP contribution < -0.4 is 0 Å². The van der Waals surface area contributed by atoms with Crippen molar-refractivity contribution < 1.29 is 9.84 Å². The summed E-state index contributed by atoms with van der Waals surface area (Å²) in [5, 5.41) is 9.87. The molecule has 0 saturated carbocycles. The van der Waals surface area contributed by atoms with Crippen LogP contribution in [0.1, 0.15) is 19.4 Å². The lowest BCUT2D eigenvalue weighted by molar-refractivity contribution is 0.0441. The molecule has 0 aliphatic heterocycles.